The monoisotopic (exact) mass is 281 g/mol. The van der Waals surface area contributed by atoms with Crippen molar-refractivity contribution in [2.24, 2.45) is 0 Å². The lowest BCUT2D eigenvalue weighted by atomic mass is 10.3. The van der Waals surface area contributed by atoms with Gasteiger partial charge in [-0.15, -0.1) is 0 Å². The van der Waals surface area contributed by atoms with Crippen molar-refractivity contribution in [3.63, 3.8) is 0 Å². The van der Waals surface area contributed by atoms with Crippen molar-refractivity contribution in [1.82, 2.24) is 5.32 Å². The number of hydrogen-bond acceptors (Lipinski definition) is 5. The largest absolute Gasteiger partial charge is 0.490 e. The molecule has 0 aliphatic carbocycles. The third-order valence-electron chi connectivity index (χ3n) is 2.68. The molecule has 1 N–H and O–H groups in total. The first-order valence-corrected chi connectivity index (χ1v) is 6.88. The van der Waals surface area contributed by atoms with Gasteiger partial charge in [0.15, 0.2) is 11.5 Å². The average Bonchev–Trinajstić information content (AvgIpc) is 2.48. The summed E-state index contributed by atoms with van der Waals surface area (Å²) < 4.78 is 15.9. The number of hydrogen-bond donors (Lipinski definition) is 1. The summed E-state index contributed by atoms with van der Waals surface area (Å²) >= 11 is 0. The third kappa shape index (κ3) is 5.09. The van der Waals surface area contributed by atoms with Gasteiger partial charge in [-0.1, -0.05) is 19.1 Å². The Hall–Kier alpha value is -1.75. The fraction of sp³-hybridized carbons (Fsp3) is 0.533. The summed E-state index contributed by atoms with van der Waals surface area (Å²) in [5.41, 5.74) is 0. The van der Waals surface area contributed by atoms with Crippen molar-refractivity contribution in [2.45, 2.75) is 26.3 Å². The van der Waals surface area contributed by atoms with Crippen LogP contribution in [0.3, 0.4) is 0 Å². The van der Waals surface area contributed by atoms with Gasteiger partial charge in [0, 0.05) is 0 Å². The number of para-hydroxylation sites is 2. The number of methoxy groups -OCH3 is 1. The van der Waals surface area contributed by atoms with Gasteiger partial charge in [0.25, 0.3) is 0 Å². The summed E-state index contributed by atoms with van der Waals surface area (Å²) in [6.45, 7) is 5.45. The molecule has 0 heterocycles. The van der Waals surface area contributed by atoms with Crippen LogP contribution >= 0.6 is 0 Å². The zero-order valence-corrected chi connectivity index (χ0v) is 12.3. The maximum absolute atomic E-state index is 11.7. The van der Waals surface area contributed by atoms with E-state index in [4.69, 9.17) is 14.2 Å². The molecule has 1 unspecified atom stereocenters. The normalized spacial score (nSPS) is 11.8. The summed E-state index contributed by atoms with van der Waals surface area (Å²) in [5.74, 6) is 0.975. The molecule has 0 amide bonds. The van der Waals surface area contributed by atoms with Gasteiger partial charge >= 0.3 is 5.97 Å². The van der Waals surface area contributed by atoms with Crippen molar-refractivity contribution in [3.05, 3.63) is 24.3 Å². The van der Waals surface area contributed by atoms with Gasteiger partial charge in [0.2, 0.25) is 0 Å². The molecule has 5 heteroatoms. The molecule has 0 aromatic heterocycles. The molecule has 112 valence electrons. The van der Waals surface area contributed by atoms with E-state index in [1.54, 1.807) is 0 Å². The minimum atomic E-state index is -0.477. The van der Waals surface area contributed by atoms with Crippen molar-refractivity contribution in [2.75, 3.05) is 26.9 Å². The lowest BCUT2D eigenvalue weighted by molar-refractivity contribution is -0.143. The smallest absolute Gasteiger partial charge is 0.326 e. The highest BCUT2D eigenvalue weighted by Crippen LogP contribution is 2.26. The molecule has 0 fully saturated rings. The highest BCUT2D eigenvalue weighted by atomic mass is 16.5. The molecule has 5 nitrogen and oxygen atoms in total. The second kappa shape index (κ2) is 9.20. The van der Waals surface area contributed by atoms with Gasteiger partial charge in [-0.2, -0.15) is 0 Å². The van der Waals surface area contributed by atoms with E-state index < -0.39 is 6.04 Å². The van der Waals surface area contributed by atoms with E-state index >= 15 is 0 Å². The second-order valence-corrected chi connectivity index (χ2v) is 4.22. The maximum Gasteiger partial charge on any atom is 0.326 e. The van der Waals surface area contributed by atoms with Crippen LogP contribution in [-0.4, -0.2) is 38.9 Å². The van der Waals surface area contributed by atoms with Gasteiger partial charge in [-0.3, -0.25) is 4.79 Å². The number of carbonyl (C=O) groups is 1. The molecule has 0 saturated carbocycles. The highest BCUT2D eigenvalue weighted by Gasteiger charge is 2.19. The SMILES string of the molecule is CCCNC(COc1ccccc1OCC)C(=O)OC. The minimum Gasteiger partial charge on any atom is -0.490 e. The summed E-state index contributed by atoms with van der Waals surface area (Å²) in [4.78, 5) is 11.7. The van der Waals surface area contributed by atoms with Gasteiger partial charge in [0.1, 0.15) is 12.6 Å². The van der Waals surface area contributed by atoms with Crippen LogP contribution in [0.1, 0.15) is 20.3 Å². The highest BCUT2D eigenvalue weighted by molar-refractivity contribution is 5.75. The Morgan fingerprint density at radius 2 is 1.85 bits per heavy atom. The Kier molecular flexibility index (Phi) is 7.50. The third-order valence-corrected chi connectivity index (χ3v) is 2.68. The molecule has 1 aromatic rings. The molecule has 0 aliphatic rings. The van der Waals surface area contributed by atoms with Crippen LogP contribution in [-0.2, 0) is 9.53 Å². The average molecular weight is 281 g/mol. The van der Waals surface area contributed by atoms with E-state index in [2.05, 4.69) is 5.32 Å². The second-order valence-electron chi connectivity index (χ2n) is 4.22. The van der Waals surface area contributed by atoms with E-state index in [9.17, 15) is 4.79 Å². The Morgan fingerprint density at radius 1 is 1.20 bits per heavy atom. The van der Waals surface area contributed by atoms with Gasteiger partial charge in [-0.25, -0.2) is 0 Å². The van der Waals surface area contributed by atoms with Crippen LogP contribution in [0.25, 0.3) is 0 Å². The van der Waals surface area contributed by atoms with Crippen molar-refractivity contribution in [3.8, 4) is 11.5 Å². The molecule has 1 rings (SSSR count). The lowest BCUT2D eigenvalue weighted by Gasteiger charge is -2.18. The zero-order valence-electron chi connectivity index (χ0n) is 12.3. The Balaban J connectivity index is 2.64. The van der Waals surface area contributed by atoms with Crippen molar-refractivity contribution < 1.29 is 19.0 Å². The Labute approximate surface area is 120 Å². The van der Waals surface area contributed by atoms with Crippen molar-refractivity contribution >= 4 is 5.97 Å². The molecular formula is C15H23NO4. The molecule has 0 radical (unpaired) electrons. The predicted octanol–water partition coefficient (Wildman–Crippen LogP) is 2.01. The molecule has 0 bridgehead atoms. The first kappa shape index (κ1) is 16.3. The summed E-state index contributed by atoms with van der Waals surface area (Å²) in [6, 6.07) is 6.93. The van der Waals surface area contributed by atoms with E-state index in [1.807, 2.05) is 38.1 Å². The van der Waals surface area contributed by atoms with Crippen LogP contribution in [0.15, 0.2) is 24.3 Å². The van der Waals surface area contributed by atoms with E-state index in [1.165, 1.54) is 7.11 Å². The number of ether oxygens (including phenoxy) is 3. The van der Waals surface area contributed by atoms with Gasteiger partial charge < -0.3 is 19.5 Å². The summed E-state index contributed by atoms with van der Waals surface area (Å²) in [6.07, 6.45) is 0.934. The number of benzene rings is 1. The summed E-state index contributed by atoms with van der Waals surface area (Å²) in [5, 5.41) is 3.10. The predicted molar refractivity (Wildman–Crippen MR) is 77.2 cm³/mol. The molecule has 0 saturated heterocycles. The molecule has 20 heavy (non-hydrogen) atoms. The maximum atomic E-state index is 11.7. The van der Waals surface area contributed by atoms with E-state index in [-0.39, 0.29) is 12.6 Å². The molecule has 0 spiro atoms. The van der Waals surface area contributed by atoms with Gasteiger partial charge in [-0.05, 0) is 32.0 Å². The number of carbonyl (C=O) groups excluding carboxylic acids is 1. The number of esters is 1. The first-order valence-electron chi connectivity index (χ1n) is 6.88. The van der Waals surface area contributed by atoms with Crippen LogP contribution < -0.4 is 14.8 Å². The first-order chi connectivity index (χ1) is 9.72. The van der Waals surface area contributed by atoms with Crippen LogP contribution in [0.4, 0.5) is 0 Å². The molecule has 1 aromatic carbocycles. The zero-order chi connectivity index (χ0) is 14.8. The fourth-order valence-electron chi connectivity index (χ4n) is 1.69. The van der Waals surface area contributed by atoms with Gasteiger partial charge in [0.05, 0.1) is 13.7 Å². The Morgan fingerprint density at radius 3 is 2.40 bits per heavy atom. The van der Waals surface area contributed by atoms with Crippen LogP contribution in [0, 0.1) is 0 Å². The molecular weight excluding hydrogens is 258 g/mol. The molecule has 1 atom stereocenters. The number of rotatable bonds is 9. The minimum absolute atomic E-state index is 0.205. The Bertz CT molecular complexity index is 409. The number of nitrogens with one attached hydrogen (secondary N) is 1. The fourth-order valence-corrected chi connectivity index (χ4v) is 1.69. The van der Waals surface area contributed by atoms with Crippen LogP contribution in [0.2, 0.25) is 0 Å². The summed E-state index contributed by atoms with van der Waals surface area (Å²) in [7, 11) is 1.37. The quantitative estimate of drug-likeness (QED) is 0.702. The topological polar surface area (TPSA) is 56.8 Å². The lowest BCUT2D eigenvalue weighted by Crippen LogP contribution is -2.42. The van der Waals surface area contributed by atoms with E-state index in [0.29, 0.717) is 18.1 Å². The van der Waals surface area contributed by atoms with Crippen molar-refractivity contribution in [1.29, 1.82) is 0 Å². The molecule has 0 aliphatic heterocycles. The van der Waals surface area contributed by atoms with E-state index in [0.717, 1.165) is 13.0 Å². The van der Waals surface area contributed by atoms with Crippen LogP contribution in [0.5, 0.6) is 11.5 Å². The standard InChI is InChI=1S/C15H23NO4/c1-4-10-16-12(15(17)18-3)11-20-14-9-7-6-8-13(14)19-5-2/h6-9,12,16H,4-5,10-11H2,1-3H3.